The summed E-state index contributed by atoms with van der Waals surface area (Å²) in [6.45, 7) is 7.90. The maximum Gasteiger partial charge on any atom is 0.0593 e. The molecule has 0 unspecified atom stereocenters. The maximum atomic E-state index is 3.89. The van der Waals surface area contributed by atoms with Gasteiger partial charge in [0.2, 0.25) is 0 Å². The third kappa shape index (κ3) is 3.43. The first kappa shape index (κ1) is 10.5. The van der Waals surface area contributed by atoms with Crippen molar-refractivity contribution in [3.8, 4) is 0 Å². The highest BCUT2D eigenvalue weighted by atomic mass is 15.1. The van der Waals surface area contributed by atoms with E-state index in [0.29, 0.717) is 0 Å². The van der Waals surface area contributed by atoms with Gasteiger partial charge in [0.1, 0.15) is 0 Å². The summed E-state index contributed by atoms with van der Waals surface area (Å²) in [6, 6.07) is 4.00. The van der Waals surface area contributed by atoms with Crippen LogP contribution in [-0.2, 0) is 0 Å². The van der Waals surface area contributed by atoms with Crippen LogP contribution in [0.3, 0.4) is 0 Å². The van der Waals surface area contributed by atoms with Gasteiger partial charge in [-0.05, 0) is 39.8 Å². The topological polar surface area (TPSA) is 57.4 Å². The summed E-state index contributed by atoms with van der Waals surface area (Å²) in [7, 11) is 0. The lowest BCUT2D eigenvalue weighted by molar-refractivity contribution is 1.02. The second-order valence-electron chi connectivity index (χ2n) is 3.38. The van der Waals surface area contributed by atoms with Gasteiger partial charge in [-0.3, -0.25) is 10.2 Å². The zero-order chi connectivity index (χ0) is 10.6. The Bertz CT molecular complexity index is 315. The number of hydrogen-bond acceptors (Lipinski definition) is 2. The first-order chi connectivity index (χ1) is 6.58. The largest absolute Gasteiger partial charge is 0.283 e. The molecule has 0 bridgehead atoms. The van der Waals surface area contributed by atoms with Crippen LogP contribution >= 0.6 is 0 Å². The predicted octanol–water partition coefficient (Wildman–Crippen LogP) is 2.05. The van der Waals surface area contributed by atoms with Gasteiger partial charge in [0.15, 0.2) is 0 Å². The highest BCUT2D eigenvalue weighted by molar-refractivity contribution is 5.04. The van der Waals surface area contributed by atoms with Crippen molar-refractivity contribution in [1.29, 1.82) is 0 Å². The molecular formula is C10H16N4. The van der Waals surface area contributed by atoms with E-state index in [-0.39, 0.29) is 0 Å². The fourth-order valence-electron chi connectivity index (χ4n) is 1.11. The van der Waals surface area contributed by atoms with Crippen LogP contribution in [0, 0.1) is 27.7 Å². The molecule has 2 heterocycles. The monoisotopic (exact) mass is 192 g/mol. The standard InChI is InChI=1S/2C5H8N2/c2*1-4-3-5(2)7-6-4/h2*3H,1-2H3,(H,6,7). The molecule has 0 atom stereocenters. The van der Waals surface area contributed by atoms with E-state index in [1.807, 2.05) is 39.8 Å². The Morgan fingerprint density at radius 2 is 1.14 bits per heavy atom. The van der Waals surface area contributed by atoms with Crippen LogP contribution in [0.2, 0.25) is 0 Å². The van der Waals surface area contributed by atoms with E-state index in [9.17, 15) is 0 Å². The Morgan fingerprint density at radius 1 is 0.786 bits per heavy atom. The molecule has 0 aliphatic carbocycles. The van der Waals surface area contributed by atoms with Gasteiger partial charge in [-0.2, -0.15) is 10.2 Å². The average molecular weight is 192 g/mol. The lowest BCUT2D eigenvalue weighted by atomic mass is 10.4. The minimum absolute atomic E-state index is 1.05. The van der Waals surface area contributed by atoms with Crippen LogP contribution in [0.1, 0.15) is 22.8 Å². The van der Waals surface area contributed by atoms with Crippen molar-refractivity contribution in [3.63, 3.8) is 0 Å². The fraction of sp³-hybridized carbons (Fsp3) is 0.400. The molecule has 0 saturated carbocycles. The summed E-state index contributed by atoms with van der Waals surface area (Å²) in [4.78, 5) is 0. The summed E-state index contributed by atoms with van der Waals surface area (Å²) in [5, 5.41) is 13.4. The van der Waals surface area contributed by atoms with Crippen LogP contribution in [0.15, 0.2) is 12.1 Å². The van der Waals surface area contributed by atoms with Crippen LogP contribution in [0.4, 0.5) is 0 Å². The number of H-pyrrole nitrogens is 2. The molecule has 0 amide bonds. The van der Waals surface area contributed by atoms with E-state index in [0.717, 1.165) is 22.8 Å². The highest BCUT2D eigenvalue weighted by Gasteiger charge is 1.85. The SMILES string of the molecule is Cc1cc(C)[nH]n1.Cc1cc(C)[nH]n1. The highest BCUT2D eigenvalue weighted by Crippen LogP contribution is 1.92. The molecule has 2 N–H and O–H groups in total. The molecule has 0 aliphatic heterocycles. The first-order valence-electron chi connectivity index (χ1n) is 4.55. The van der Waals surface area contributed by atoms with Gasteiger partial charge in [-0.1, -0.05) is 0 Å². The van der Waals surface area contributed by atoms with E-state index in [1.165, 1.54) is 0 Å². The lowest BCUT2D eigenvalue weighted by Crippen LogP contribution is -1.68. The Kier molecular flexibility index (Phi) is 3.45. The summed E-state index contributed by atoms with van der Waals surface area (Å²) >= 11 is 0. The molecule has 0 aliphatic rings. The zero-order valence-corrected chi connectivity index (χ0v) is 9.05. The number of aryl methyl sites for hydroxylation is 4. The number of hydrogen-bond donors (Lipinski definition) is 2. The molecule has 76 valence electrons. The van der Waals surface area contributed by atoms with Crippen molar-refractivity contribution >= 4 is 0 Å². The first-order valence-corrected chi connectivity index (χ1v) is 4.55. The Balaban J connectivity index is 0.000000140. The third-order valence-electron chi connectivity index (χ3n) is 1.67. The number of nitrogens with one attached hydrogen (secondary N) is 2. The second kappa shape index (κ2) is 4.60. The van der Waals surface area contributed by atoms with Crippen LogP contribution in [-0.4, -0.2) is 20.4 Å². The Morgan fingerprint density at radius 3 is 1.21 bits per heavy atom. The summed E-state index contributed by atoms with van der Waals surface area (Å²) in [5.74, 6) is 0. The number of aromatic amines is 2. The zero-order valence-electron chi connectivity index (χ0n) is 9.05. The van der Waals surface area contributed by atoms with Crippen molar-refractivity contribution in [2.24, 2.45) is 0 Å². The minimum Gasteiger partial charge on any atom is -0.283 e. The molecule has 0 spiro atoms. The van der Waals surface area contributed by atoms with Gasteiger partial charge in [0, 0.05) is 11.4 Å². The number of nitrogens with zero attached hydrogens (tertiary/aromatic N) is 2. The molecular weight excluding hydrogens is 176 g/mol. The molecule has 4 nitrogen and oxygen atoms in total. The average Bonchev–Trinajstić information content (AvgIpc) is 2.63. The van der Waals surface area contributed by atoms with E-state index in [4.69, 9.17) is 0 Å². The van der Waals surface area contributed by atoms with E-state index < -0.39 is 0 Å². The van der Waals surface area contributed by atoms with Crippen LogP contribution < -0.4 is 0 Å². The summed E-state index contributed by atoms with van der Waals surface area (Å²) < 4.78 is 0. The Hall–Kier alpha value is -1.58. The van der Waals surface area contributed by atoms with E-state index in [2.05, 4.69) is 20.4 Å². The molecule has 2 aromatic rings. The lowest BCUT2D eigenvalue weighted by Gasteiger charge is -1.68. The van der Waals surface area contributed by atoms with Gasteiger partial charge >= 0.3 is 0 Å². The Labute approximate surface area is 83.7 Å². The number of rotatable bonds is 0. The van der Waals surface area contributed by atoms with E-state index in [1.54, 1.807) is 0 Å². The predicted molar refractivity (Wildman–Crippen MR) is 56.1 cm³/mol. The summed E-state index contributed by atoms with van der Waals surface area (Å²) in [6.07, 6.45) is 0. The molecule has 2 rings (SSSR count). The third-order valence-corrected chi connectivity index (χ3v) is 1.67. The molecule has 4 heteroatoms. The van der Waals surface area contributed by atoms with Gasteiger partial charge in [-0.25, -0.2) is 0 Å². The van der Waals surface area contributed by atoms with Crippen LogP contribution in [0.5, 0.6) is 0 Å². The molecule has 0 radical (unpaired) electrons. The second-order valence-corrected chi connectivity index (χ2v) is 3.38. The van der Waals surface area contributed by atoms with Gasteiger partial charge in [0.05, 0.1) is 11.4 Å². The maximum absolute atomic E-state index is 3.89. The minimum atomic E-state index is 1.05. The summed E-state index contributed by atoms with van der Waals surface area (Å²) in [5.41, 5.74) is 4.35. The molecule has 0 aromatic carbocycles. The van der Waals surface area contributed by atoms with Crippen molar-refractivity contribution < 1.29 is 0 Å². The van der Waals surface area contributed by atoms with E-state index >= 15 is 0 Å². The fourth-order valence-corrected chi connectivity index (χ4v) is 1.11. The molecule has 14 heavy (non-hydrogen) atoms. The molecule has 0 fully saturated rings. The van der Waals surface area contributed by atoms with Gasteiger partial charge in [0.25, 0.3) is 0 Å². The van der Waals surface area contributed by atoms with Gasteiger partial charge in [-0.15, -0.1) is 0 Å². The van der Waals surface area contributed by atoms with Crippen molar-refractivity contribution in [2.75, 3.05) is 0 Å². The van der Waals surface area contributed by atoms with Crippen molar-refractivity contribution in [3.05, 3.63) is 34.9 Å². The van der Waals surface area contributed by atoms with Crippen molar-refractivity contribution in [2.45, 2.75) is 27.7 Å². The van der Waals surface area contributed by atoms with Crippen molar-refractivity contribution in [1.82, 2.24) is 20.4 Å². The normalized spacial score (nSPS) is 9.43. The molecule has 0 saturated heterocycles. The molecule has 2 aromatic heterocycles. The quantitative estimate of drug-likeness (QED) is 0.671. The van der Waals surface area contributed by atoms with Gasteiger partial charge < -0.3 is 0 Å². The smallest absolute Gasteiger partial charge is 0.0593 e. The van der Waals surface area contributed by atoms with Crippen LogP contribution in [0.25, 0.3) is 0 Å². The number of aromatic nitrogens is 4.